The number of hydrogen-bond donors (Lipinski definition) is 1. The molecule has 2 aliphatic rings. The number of rotatable bonds is 3. The fourth-order valence-corrected chi connectivity index (χ4v) is 3.13. The molecule has 0 spiro atoms. The summed E-state index contributed by atoms with van der Waals surface area (Å²) < 4.78 is 0. The van der Waals surface area contributed by atoms with Gasteiger partial charge in [-0.15, -0.1) is 12.4 Å². The molecule has 2 fully saturated rings. The summed E-state index contributed by atoms with van der Waals surface area (Å²) in [7, 11) is 0. The Morgan fingerprint density at radius 2 is 2.10 bits per heavy atom. The Morgan fingerprint density at radius 1 is 1.30 bits per heavy atom. The summed E-state index contributed by atoms with van der Waals surface area (Å²) in [6.07, 6.45) is 3.22. The van der Waals surface area contributed by atoms with Crippen molar-refractivity contribution in [3.05, 3.63) is 29.6 Å². The Balaban J connectivity index is 0.00000147. The number of nitrogens with one attached hydrogen (secondary N) is 1. The molecule has 1 unspecified atom stereocenters. The van der Waals surface area contributed by atoms with Crippen molar-refractivity contribution in [1.82, 2.24) is 20.1 Å². The van der Waals surface area contributed by atoms with E-state index in [9.17, 15) is 0 Å². The van der Waals surface area contributed by atoms with E-state index in [1.807, 2.05) is 12.3 Å². The summed E-state index contributed by atoms with van der Waals surface area (Å²) >= 11 is 0. The molecule has 0 amide bonds. The second kappa shape index (κ2) is 7.36. The SMILES string of the molecule is Cc1cccnc1CN1CCN(C2CCNC2)CC1.Cl. The van der Waals surface area contributed by atoms with E-state index in [2.05, 4.69) is 33.1 Å². The first-order valence-corrected chi connectivity index (χ1v) is 7.40. The van der Waals surface area contributed by atoms with Gasteiger partial charge in [0.05, 0.1) is 5.69 Å². The molecule has 20 heavy (non-hydrogen) atoms. The average molecular weight is 297 g/mol. The van der Waals surface area contributed by atoms with E-state index in [0.717, 1.165) is 12.6 Å². The number of nitrogens with zero attached hydrogens (tertiary/aromatic N) is 3. The van der Waals surface area contributed by atoms with Crippen molar-refractivity contribution < 1.29 is 0 Å². The van der Waals surface area contributed by atoms with Gasteiger partial charge in [-0.25, -0.2) is 0 Å². The Bertz CT molecular complexity index is 412. The molecule has 1 aromatic rings. The van der Waals surface area contributed by atoms with Crippen molar-refractivity contribution in [3.63, 3.8) is 0 Å². The van der Waals surface area contributed by atoms with Crippen molar-refractivity contribution >= 4 is 12.4 Å². The molecule has 0 saturated carbocycles. The molecule has 3 rings (SSSR count). The number of piperazine rings is 1. The number of pyridine rings is 1. The summed E-state index contributed by atoms with van der Waals surface area (Å²) in [4.78, 5) is 9.69. The summed E-state index contributed by atoms with van der Waals surface area (Å²) in [5.74, 6) is 0. The third-order valence-electron chi connectivity index (χ3n) is 4.45. The molecular formula is C15H25ClN4. The van der Waals surface area contributed by atoms with Gasteiger partial charge >= 0.3 is 0 Å². The zero-order valence-corrected chi connectivity index (χ0v) is 13.0. The van der Waals surface area contributed by atoms with Crippen molar-refractivity contribution in [2.45, 2.75) is 25.9 Å². The van der Waals surface area contributed by atoms with E-state index in [1.165, 1.54) is 56.9 Å². The topological polar surface area (TPSA) is 31.4 Å². The van der Waals surface area contributed by atoms with Gasteiger partial charge in [-0.05, 0) is 31.5 Å². The Labute approximate surface area is 128 Å². The van der Waals surface area contributed by atoms with Crippen LogP contribution in [0.1, 0.15) is 17.7 Å². The third-order valence-corrected chi connectivity index (χ3v) is 4.45. The van der Waals surface area contributed by atoms with Crippen LogP contribution in [0.2, 0.25) is 0 Å². The van der Waals surface area contributed by atoms with E-state index >= 15 is 0 Å². The van der Waals surface area contributed by atoms with Gasteiger partial charge in [0.2, 0.25) is 0 Å². The van der Waals surface area contributed by atoms with Crippen LogP contribution >= 0.6 is 12.4 Å². The van der Waals surface area contributed by atoms with Crippen molar-refractivity contribution in [3.8, 4) is 0 Å². The zero-order chi connectivity index (χ0) is 13.1. The highest BCUT2D eigenvalue weighted by molar-refractivity contribution is 5.85. The molecule has 1 atom stereocenters. The second-order valence-corrected chi connectivity index (χ2v) is 5.73. The van der Waals surface area contributed by atoms with Crippen LogP contribution in [0.25, 0.3) is 0 Å². The van der Waals surface area contributed by atoms with Crippen LogP contribution in [0.4, 0.5) is 0 Å². The van der Waals surface area contributed by atoms with Crippen LogP contribution in [0.3, 0.4) is 0 Å². The minimum atomic E-state index is 0. The minimum absolute atomic E-state index is 0. The fraction of sp³-hybridized carbons (Fsp3) is 0.667. The van der Waals surface area contributed by atoms with Crippen molar-refractivity contribution in [1.29, 1.82) is 0 Å². The lowest BCUT2D eigenvalue weighted by Crippen LogP contribution is -2.50. The number of aryl methyl sites for hydroxylation is 1. The number of aromatic nitrogens is 1. The molecule has 0 aliphatic carbocycles. The third kappa shape index (κ3) is 3.70. The van der Waals surface area contributed by atoms with E-state index in [1.54, 1.807) is 0 Å². The van der Waals surface area contributed by atoms with Crippen LogP contribution in [-0.4, -0.2) is 60.1 Å². The van der Waals surface area contributed by atoms with Gasteiger partial charge in [0.15, 0.2) is 0 Å². The largest absolute Gasteiger partial charge is 0.315 e. The molecule has 2 aliphatic heterocycles. The van der Waals surface area contributed by atoms with Gasteiger partial charge in [-0.2, -0.15) is 0 Å². The molecule has 0 aromatic carbocycles. The van der Waals surface area contributed by atoms with Gasteiger partial charge in [-0.3, -0.25) is 14.8 Å². The first-order valence-electron chi connectivity index (χ1n) is 7.40. The molecular weight excluding hydrogens is 272 g/mol. The molecule has 5 heteroatoms. The van der Waals surface area contributed by atoms with Gasteiger partial charge in [-0.1, -0.05) is 6.07 Å². The normalized spacial score (nSPS) is 24.6. The molecule has 3 heterocycles. The lowest BCUT2D eigenvalue weighted by atomic mass is 10.1. The summed E-state index contributed by atoms with van der Waals surface area (Å²) in [6, 6.07) is 4.95. The van der Waals surface area contributed by atoms with Crippen LogP contribution in [-0.2, 0) is 6.54 Å². The summed E-state index contributed by atoms with van der Waals surface area (Å²) in [5.41, 5.74) is 2.54. The highest BCUT2D eigenvalue weighted by Crippen LogP contribution is 2.14. The van der Waals surface area contributed by atoms with E-state index in [-0.39, 0.29) is 12.4 Å². The van der Waals surface area contributed by atoms with Crippen LogP contribution < -0.4 is 5.32 Å². The Hall–Kier alpha value is -0.680. The van der Waals surface area contributed by atoms with Crippen LogP contribution in [0.15, 0.2) is 18.3 Å². The molecule has 4 nitrogen and oxygen atoms in total. The zero-order valence-electron chi connectivity index (χ0n) is 12.2. The summed E-state index contributed by atoms with van der Waals surface area (Å²) in [6.45, 7) is 10.3. The van der Waals surface area contributed by atoms with Gasteiger partial charge < -0.3 is 5.32 Å². The van der Waals surface area contributed by atoms with E-state index in [0.29, 0.717) is 0 Å². The van der Waals surface area contributed by atoms with E-state index in [4.69, 9.17) is 0 Å². The second-order valence-electron chi connectivity index (χ2n) is 5.73. The molecule has 0 bridgehead atoms. The number of halogens is 1. The smallest absolute Gasteiger partial charge is 0.0573 e. The first kappa shape index (κ1) is 15.7. The molecule has 1 N–H and O–H groups in total. The summed E-state index contributed by atoms with van der Waals surface area (Å²) in [5, 5.41) is 3.46. The predicted octanol–water partition coefficient (Wildman–Crippen LogP) is 1.29. The van der Waals surface area contributed by atoms with Crippen molar-refractivity contribution in [2.75, 3.05) is 39.3 Å². The van der Waals surface area contributed by atoms with Crippen molar-refractivity contribution in [2.24, 2.45) is 0 Å². The lowest BCUT2D eigenvalue weighted by molar-refractivity contribution is 0.0972. The maximum absolute atomic E-state index is 4.50. The van der Waals surface area contributed by atoms with Gasteiger partial charge in [0, 0.05) is 51.5 Å². The standard InChI is InChI=1S/C15H24N4.ClH/c1-13-3-2-5-17-15(13)12-18-7-9-19(10-8-18)14-4-6-16-11-14;/h2-3,5,14,16H,4,6-12H2,1H3;1H. The van der Waals surface area contributed by atoms with Gasteiger partial charge in [0.1, 0.15) is 0 Å². The van der Waals surface area contributed by atoms with E-state index < -0.39 is 0 Å². The van der Waals surface area contributed by atoms with Gasteiger partial charge in [0.25, 0.3) is 0 Å². The highest BCUT2D eigenvalue weighted by Gasteiger charge is 2.26. The first-order chi connectivity index (χ1) is 9.33. The maximum atomic E-state index is 4.50. The molecule has 112 valence electrons. The molecule has 1 aromatic heterocycles. The quantitative estimate of drug-likeness (QED) is 0.911. The average Bonchev–Trinajstić information content (AvgIpc) is 2.96. The highest BCUT2D eigenvalue weighted by atomic mass is 35.5. The van der Waals surface area contributed by atoms with Crippen LogP contribution in [0, 0.1) is 6.92 Å². The Kier molecular flexibility index (Phi) is 5.78. The monoisotopic (exact) mass is 296 g/mol. The molecule has 0 radical (unpaired) electrons. The Morgan fingerprint density at radius 3 is 2.75 bits per heavy atom. The van der Waals surface area contributed by atoms with Crippen LogP contribution in [0.5, 0.6) is 0 Å². The maximum Gasteiger partial charge on any atom is 0.0573 e. The predicted molar refractivity (Wildman–Crippen MR) is 84.3 cm³/mol. The number of hydrogen-bond acceptors (Lipinski definition) is 4. The minimum Gasteiger partial charge on any atom is -0.315 e. The lowest BCUT2D eigenvalue weighted by Gasteiger charge is -2.37. The molecule has 2 saturated heterocycles. The fourth-order valence-electron chi connectivity index (χ4n) is 3.13.